The van der Waals surface area contributed by atoms with Crippen molar-refractivity contribution >= 4 is 33.3 Å². The lowest BCUT2D eigenvalue weighted by molar-refractivity contribution is 0.0735. The van der Waals surface area contributed by atoms with Crippen LogP contribution in [0, 0.1) is 6.92 Å². The second-order valence-corrected chi connectivity index (χ2v) is 9.07. The Kier molecular flexibility index (Phi) is 10.3. The molecule has 3 aromatic carbocycles. The summed E-state index contributed by atoms with van der Waals surface area (Å²) < 4.78 is 12.2. The van der Waals surface area contributed by atoms with Crippen LogP contribution < -0.4 is 9.47 Å². The predicted octanol–water partition coefficient (Wildman–Crippen LogP) is 9.13. The topological polar surface area (TPSA) is 60.2 Å². The van der Waals surface area contributed by atoms with Crippen molar-refractivity contribution in [1.29, 1.82) is 0 Å². The Labute approximate surface area is 210 Å². The van der Waals surface area contributed by atoms with Crippen molar-refractivity contribution in [2.75, 3.05) is 6.61 Å². The molecule has 0 atom stereocenters. The van der Waals surface area contributed by atoms with Crippen LogP contribution in [0.1, 0.15) is 61.4 Å². The fourth-order valence-electron chi connectivity index (χ4n) is 3.37. The van der Waals surface area contributed by atoms with Gasteiger partial charge < -0.3 is 9.47 Å². The monoisotopic (exact) mass is 522 g/mol. The standard InChI is InChI=1S/C28H31BrN2O3/c1-3-4-5-6-7-8-19-33-27-18-15-25(20-21(27)2)31-30-24-13-9-22(10-14-24)28(32)34-26-16-11-23(29)12-17-26/h9-18,20H,3-8,19H2,1-2H3. The molecule has 0 spiro atoms. The number of unbranched alkanes of at least 4 members (excludes halogenated alkanes) is 5. The molecule has 0 aliphatic carbocycles. The molecule has 34 heavy (non-hydrogen) atoms. The van der Waals surface area contributed by atoms with Crippen LogP contribution in [0.2, 0.25) is 0 Å². The van der Waals surface area contributed by atoms with Crippen LogP contribution in [0.5, 0.6) is 11.5 Å². The third-order valence-electron chi connectivity index (χ3n) is 5.32. The number of azo groups is 1. The normalized spacial score (nSPS) is 11.0. The summed E-state index contributed by atoms with van der Waals surface area (Å²) >= 11 is 3.36. The van der Waals surface area contributed by atoms with Crippen LogP contribution in [0.4, 0.5) is 11.4 Å². The van der Waals surface area contributed by atoms with Crippen LogP contribution in [0.3, 0.4) is 0 Å². The molecule has 6 heteroatoms. The van der Waals surface area contributed by atoms with E-state index in [2.05, 4.69) is 33.1 Å². The summed E-state index contributed by atoms with van der Waals surface area (Å²) in [5, 5.41) is 8.60. The number of hydrogen-bond donors (Lipinski definition) is 0. The molecule has 0 fully saturated rings. The van der Waals surface area contributed by atoms with Crippen molar-refractivity contribution in [1.82, 2.24) is 0 Å². The molecule has 0 unspecified atom stereocenters. The summed E-state index contributed by atoms with van der Waals surface area (Å²) in [5.41, 5.74) is 2.89. The zero-order valence-corrected chi connectivity index (χ0v) is 21.4. The van der Waals surface area contributed by atoms with Crippen molar-refractivity contribution < 1.29 is 14.3 Å². The summed E-state index contributed by atoms with van der Waals surface area (Å²) in [6.07, 6.45) is 7.48. The second kappa shape index (κ2) is 13.7. The third kappa shape index (κ3) is 8.41. The second-order valence-electron chi connectivity index (χ2n) is 8.16. The van der Waals surface area contributed by atoms with Crippen LogP contribution in [0.15, 0.2) is 81.4 Å². The van der Waals surface area contributed by atoms with E-state index in [1.807, 2.05) is 37.3 Å². The summed E-state index contributed by atoms with van der Waals surface area (Å²) in [7, 11) is 0. The highest BCUT2D eigenvalue weighted by atomic mass is 79.9. The van der Waals surface area contributed by atoms with Crippen molar-refractivity contribution in [3.8, 4) is 11.5 Å². The SMILES string of the molecule is CCCCCCCCOc1ccc(N=Nc2ccc(C(=O)Oc3ccc(Br)cc3)cc2)cc1C. The quantitative estimate of drug-likeness (QED) is 0.103. The number of hydrogen-bond acceptors (Lipinski definition) is 5. The maximum atomic E-state index is 12.3. The maximum absolute atomic E-state index is 12.3. The van der Waals surface area contributed by atoms with Gasteiger partial charge in [0.25, 0.3) is 0 Å². The van der Waals surface area contributed by atoms with Crippen molar-refractivity contribution in [2.24, 2.45) is 10.2 Å². The van der Waals surface area contributed by atoms with Gasteiger partial charge in [-0.05, 0) is 85.6 Å². The average molecular weight is 523 g/mol. The van der Waals surface area contributed by atoms with Gasteiger partial charge in [-0.3, -0.25) is 0 Å². The highest BCUT2D eigenvalue weighted by Crippen LogP contribution is 2.26. The molecule has 0 aromatic heterocycles. The molecule has 0 N–H and O–H groups in total. The van der Waals surface area contributed by atoms with E-state index in [9.17, 15) is 4.79 Å². The largest absolute Gasteiger partial charge is 0.493 e. The fourth-order valence-corrected chi connectivity index (χ4v) is 3.63. The summed E-state index contributed by atoms with van der Waals surface area (Å²) in [5.74, 6) is 0.964. The Bertz CT molecular complexity index is 1080. The molecule has 0 bridgehead atoms. The zero-order chi connectivity index (χ0) is 24.2. The lowest BCUT2D eigenvalue weighted by Crippen LogP contribution is -2.07. The first-order valence-corrected chi connectivity index (χ1v) is 12.6. The van der Waals surface area contributed by atoms with E-state index in [0.29, 0.717) is 17.0 Å². The predicted molar refractivity (Wildman–Crippen MR) is 140 cm³/mol. The minimum absolute atomic E-state index is 0.419. The minimum atomic E-state index is -0.419. The first-order chi connectivity index (χ1) is 16.5. The number of esters is 1. The van der Waals surface area contributed by atoms with Crippen molar-refractivity contribution in [2.45, 2.75) is 52.4 Å². The number of halogens is 1. The summed E-state index contributed by atoms with van der Waals surface area (Å²) in [6, 6.07) is 19.8. The highest BCUT2D eigenvalue weighted by Gasteiger charge is 2.08. The molecule has 3 rings (SSSR count). The van der Waals surface area contributed by atoms with Gasteiger partial charge in [0.2, 0.25) is 0 Å². The Hall–Kier alpha value is -2.99. The number of benzene rings is 3. The molecular weight excluding hydrogens is 492 g/mol. The number of nitrogens with zero attached hydrogens (tertiary/aromatic N) is 2. The number of carbonyl (C=O) groups excluding carboxylic acids is 1. The van der Waals surface area contributed by atoms with Gasteiger partial charge in [-0.2, -0.15) is 10.2 Å². The lowest BCUT2D eigenvalue weighted by atomic mass is 10.1. The van der Waals surface area contributed by atoms with E-state index in [1.165, 1.54) is 32.1 Å². The van der Waals surface area contributed by atoms with Gasteiger partial charge in [-0.1, -0.05) is 55.0 Å². The van der Waals surface area contributed by atoms with E-state index in [1.54, 1.807) is 36.4 Å². The Balaban J connectivity index is 1.49. The maximum Gasteiger partial charge on any atom is 0.343 e. The van der Waals surface area contributed by atoms with Crippen LogP contribution in [0.25, 0.3) is 0 Å². The number of rotatable bonds is 12. The number of ether oxygens (including phenoxy) is 2. The summed E-state index contributed by atoms with van der Waals surface area (Å²) in [6.45, 7) is 4.99. The molecule has 0 aliphatic rings. The molecule has 0 radical (unpaired) electrons. The van der Waals surface area contributed by atoms with Crippen LogP contribution in [-0.2, 0) is 0 Å². The fraction of sp³-hybridized carbons (Fsp3) is 0.321. The Morgan fingerprint density at radius 2 is 1.47 bits per heavy atom. The molecule has 0 saturated carbocycles. The minimum Gasteiger partial charge on any atom is -0.493 e. The van der Waals surface area contributed by atoms with E-state index in [-0.39, 0.29) is 0 Å². The third-order valence-corrected chi connectivity index (χ3v) is 5.85. The molecule has 0 amide bonds. The van der Waals surface area contributed by atoms with Gasteiger partial charge >= 0.3 is 5.97 Å². The highest BCUT2D eigenvalue weighted by molar-refractivity contribution is 9.10. The van der Waals surface area contributed by atoms with Crippen LogP contribution in [-0.4, -0.2) is 12.6 Å². The van der Waals surface area contributed by atoms with Gasteiger partial charge in [-0.25, -0.2) is 4.79 Å². The molecule has 3 aromatic rings. The van der Waals surface area contributed by atoms with Crippen molar-refractivity contribution in [3.05, 3.63) is 82.3 Å². The molecule has 0 saturated heterocycles. The zero-order valence-electron chi connectivity index (χ0n) is 19.8. The average Bonchev–Trinajstić information content (AvgIpc) is 2.85. The number of aryl methyl sites for hydroxylation is 1. The van der Waals surface area contributed by atoms with Gasteiger partial charge in [0.05, 0.1) is 23.5 Å². The smallest absolute Gasteiger partial charge is 0.343 e. The molecule has 178 valence electrons. The van der Waals surface area contributed by atoms with Crippen LogP contribution >= 0.6 is 15.9 Å². The van der Waals surface area contributed by atoms with E-state index in [4.69, 9.17) is 9.47 Å². The molecule has 0 heterocycles. The van der Waals surface area contributed by atoms with E-state index in [0.717, 1.165) is 34.5 Å². The van der Waals surface area contributed by atoms with Gasteiger partial charge in [-0.15, -0.1) is 0 Å². The Morgan fingerprint density at radius 1 is 0.824 bits per heavy atom. The molecule has 5 nitrogen and oxygen atoms in total. The van der Waals surface area contributed by atoms with E-state index >= 15 is 0 Å². The Morgan fingerprint density at radius 3 is 2.18 bits per heavy atom. The molecular formula is C28H31BrN2O3. The summed E-state index contributed by atoms with van der Waals surface area (Å²) in [4.78, 5) is 12.3. The number of carbonyl (C=O) groups is 1. The molecule has 0 aliphatic heterocycles. The first-order valence-electron chi connectivity index (χ1n) is 11.8. The van der Waals surface area contributed by atoms with E-state index < -0.39 is 5.97 Å². The van der Waals surface area contributed by atoms with Gasteiger partial charge in [0.1, 0.15) is 11.5 Å². The lowest BCUT2D eigenvalue weighted by Gasteiger charge is -2.09. The van der Waals surface area contributed by atoms with Crippen molar-refractivity contribution in [3.63, 3.8) is 0 Å². The van der Waals surface area contributed by atoms with Gasteiger partial charge in [0, 0.05) is 4.47 Å². The van der Waals surface area contributed by atoms with Gasteiger partial charge in [0.15, 0.2) is 0 Å². The first kappa shape index (κ1) is 25.6.